The van der Waals surface area contributed by atoms with Gasteiger partial charge in [0.2, 0.25) is 5.95 Å². The fourth-order valence-corrected chi connectivity index (χ4v) is 9.67. The molecule has 4 heteroatoms. The van der Waals surface area contributed by atoms with Gasteiger partial charge in [-0.2, -0.15) is 0 Å². The van der Waals surface area contributed by atoms with Gasteiger partial charge in [0.1, 0.15) is 11.2 Å². The number of aromatic nitrogens is 3. The lowest BCUT2D eigenvalue weighted by Crippen LogP contribution is -2.04. The maximum Gasteiger partial charge on any atom is 0.235 e. The molecule has 288 valence electrons. The molecule has 0 saturated carbocycles. The highest BCUT2D eigenvalue weighted by atomic mass is 16.3. The molecule has 0 bridgehead atoms. The molecule has 13 aromatic rings. The molecule has 0 amide bonds. The van der Waals surface area contributed by atoms with E-state index in [1.165, 1.54) is 27.1 Å². The fraction of sp³-hybridized carbons (Fsp3) is 0. The molecule has 0 aliphatic carbocycles. The van der Waals surface area contributed by atoms with Crippen LogP contribution in [0.25, 0.3) is 127 Å². The van der Waals surface area contributed by atoms with Gasteiger partial charge in [-0.1, -0.05) is 164 Å². The zero-order valence-electron chi connectivity index (χ0n) is 33.5. The van der Waals surface area contributed by atoms with E-state index >= 15 is 0 Å². The number of hydrogen-bond acceptors (Lipinski definition) is 3. The van der Waals surface area contributed by atoms with Gasteiger partial charge in [0.15, 0.2) is 0 Å². The van der Waals surface area contributed by atoms with E-state index in [1.54, 1.807) is 0 Å². The van der Waals surface area contributed by atoms with Crippen LogP contribution in [0.4, 0.5) is 0 Å². The summed E-state index contributed by atoms with van der Waals surface area (Å²) in [6.07, 6.45) is 0. The third kappa shape index (κ3) is 5.33. The molecule has 0 spiro atoms. The van der Waals surface area contributed by atoms with Crippen LogP contribution < -0.4 is 0 Å². The molecule has 0 unspecified atom stereocenters. The predicted molar refractivity (Wildman–Crippen MR) is 258 cm³/mol. The van der Waals surface area contributed by atoms with Gasteiger partial charge in [0.05, 0.1) is 22.2 Å². The molecule has 0 aliphatic heterocycles. The van der Waals surface area contributed by atoms with Crippen molar-refractivity contribution < 1.29 is 4.42 Å². The predicted octanol–water partition coefficient (Wildman–Crippen LogP) is 15.6. The van der Waals surface area contributed by atoms with Crippen molar-refractivity contribution in [3.05, 3.63) is 212 Å². The Morgan fingerprint density at radius 3 is 1.73 bits per heavy atom. The number of rotatable bonds is 5. The molecule has 0 atom stereocenters. The maximum absolute atomic E-state index is 6.96. The molecule has 0 fully saturated rings. The third-order valence-corrected chi connectivity index (χ3v) is 12.6. The van der Waals surface area contributed by atoms with Crippen LogP contribution in [-0.2, 0) is 0 Å². The van der Waals surface area contributed by atoms with Gasteiger partial charge in [-0.25, -0.2) is 9.97 Å². The average molecular weight is 790 g/mol. The van der Waals surface area contributed by atoms with Gasteiger partial charge in [-0.05, 0) is 103 Å². The lowest BCUT2D eigenvalue weighted by Gasteiger charge is -2.14. The molecule has 13 rings (SSSR count). The minimum Gasteiger partial charge on any atom is -0.455 e. The molecule has 0 radical (unpaired) electrons. The topological polar surface area (TPSA) is 43.9 Å². The van der Waals surface area contributed by atoms with Gasteiger partial charge in [-0.3, -0.25) is 4.57 Å². The van der Waals surface area contributed by atoms with Crippen LogP contribution in [0, 0.1) is 0 Å². The van der Waals surface area contributed by atoms with Gasteiger partial charge in [-0.15, -0.1) is 0 Å². The largest absolute Gasteiger partial charge is 0.455 e. The second-order valence-corrected chi connectivity index (χ2v) is 16.1. The quantitative estimate of drug-likeness (QED) is 0.174. The minimum atomic E-state index is 0.598. The number of nitrogens with zero attached hydrogens (tertiary/aromatic N) is 3. The number of benzene rings is 10. The Labute approximate surface area is 356 Å². The Balaban J connectivity index is 1.16. The van der Waals surface area contributed by atoms with Crippen molar-refractivity contribution in [2.45, 2.75) is 0 Å². The summed E-state index contributed by atoms with van der Waals surface area (Å²) >= 11 is 0. The van der Waals surface area contributed by atoms with Crippen molar-refractivity contribution in [3.63, 3.8) is 0 Å². The molecular weight excluding hydrogens is 755 g/mol. The van der Waals surface area contributed by atoms with Gasteiger partial charge >= 0.3 is 0 Å². The Kier molecular flexibility index (Phi) is 7.57. The molecule has 0 saturated heterocycles. The highest BCUT2D eigenvalue weighted by Gasteiger charge is 2.24. The highest BCUT2D eigenvalue weighted by molar-refractivity contribution is 6.25. The molecule has 0 N–H and O–H groups in total. The van der Waals surface area contributed by atoms with Gasteiger partial charge in [0, 0.05) is 32.5 Å². The third-order valence-electron chi connectivity index (χ3n) is 12.6. The van der Waals surface area contributed by atoms with Crippen molar-refractivity contribution in [1.29, 1.82) is 0 Å². The van der Waals surface area contributed by atoms with Crippen LogP contribution in [0.2, 0.25) is 0 Å². The highest BCUT2D eigenvalue weighted by Crippen LogP contribution is 2.45. The van der Waals surface area contributed by atoms with Crippen LogP contribution in [0.3, 0.4) is 0 Å². The van der Waals surface area contributed by atoms with Crippen LogP contribution >= 0.6 is 0 Å². The van der Waals surface area contributed by atoms with E-state index in [0.717, 1.165) is 93.7 Å². The first kappa shape index (κ1) is 34.5. The molecule has 3 aromatic heterocycles. The molecule has 4 nitrogen and oxygen atoms in total. The smallest absolute Gasteiger partial charge is 0.235 e. The monoisotopic (exact) mass is 789 g/mol. The number of fused-ring (bicyclic) bond motifs is 10. The van der Waals surface area contributed by atoms with Gasteiger partial charge in [0.25, 0.3) is 0 Å². The lowest BCUT2D eigenvalue weighted by atomic mass is 9.94. The van der Waals surface area contributed by atoms with Gasteiger partial charge < -0.3 is 4.42 Å². The molecule has 3 heterocycles. The zero-order chi connectivity index (χ0) is 40.7. The van der Waals surface area contributed by atoms with E-state index in [1.807, 2.05) is 0 Å². The Morgan fingerprint density at radius 1 is 0.355 bits per heavy atom. The standard InChI is InChI=1S/C58H35N3O/c1-4-16-36(17-5-1)41-28-29-52-49(31-41)55-44-25-13-12-24-43(44)46(38-20-8-3-9-21-38)35-53(55)61(52)58-59-51-27-15-14-26-45(51)56(60-58)50-33-42(37-18-6-2-7-19-37)32-48-47-30-39-22-10-11-23-40(39)34-54(47)62-57(48)50/h1-35H. The van der Waals surface area contributed by atoms with E-state index in [4.69, 9.17) is 14.4 Å². The van der Waals surface area contributed by atoms with Crippen molar-refractivity contribution >= 4 is 76.2 Å². The van der Waals surface area contributed by atoms with E-state index in [2.05, 4.69) is 217 Å². The van der Waals surface area contributed by atoms with Crippen LogP contribution in [0.1, 0.15) is 0 Å². The van der Waals surface area contributed by atoms with Crippen molar-refractivity contribution in [1.82, 2.24) is 14.5 Å². The summed E-state index contributed by atoms with van der Waals surface area (Å²) in [5, 5.41) is 10.1. The van der Waals surface area contributed by atoms with Crippen LogP contribution in [0.5, 0.6) is 0 Å². The summed E-state index contributed by atoms with van der Waals surface area (Å²) in [6, 6.07) is 75.6. The van der Waals surface area contributed by atoms with E-state index in [-0.39, 0.29) is 0 Å². The lowest BCUT2D eigenvalue weighted by molar-refractivity contribution is 0.670. The molecular formula is C58H35N3O. The second kappa shape index (κ2) is 13.6. The summed E-state index contributed by atoms with van der Waals surface area (Å²) in [5.74, 6) is 0.598. The Hall–Kier alpha value is -8.34. The van der Waals surface area contributed by atoms with Crippen molar-refractivity contribution in [2.24, 2.45) is 0 Å². The fourth-order valence-electron chi connectivity index (χ4n) is 9.67. The number of furan rings is 1. The normalized spacial score (nSPS) is 11.9. The zero-order valence-corrected chi connectivity index (χ0v) is 33.5. The van der Waals surface area contributed by atoms with Crippen molar-refractivity contribution in [2.75, 3.05) is 0 Å². The first-order valence-corrected chi connectivity index (χ1v) is 21.1. The van der Waals surface area contributed by atoms with Crippen molar-refractivity contribution in [3.8, 4) is 50.6 Å². The number of para-hydroxylation sites is 1. The maximum atomic E-state index is 6.96. The molecule has 10 aromatic carbocycles. The summed E-state index contributed by atoms with van der Waals surface area (Å²) < 4.78 is 9.23. The van der Waals surface area contributed by atoms with Crippen LogP contribution in [0.15, 0.2) is 217 Å². The summed E-state index contributed by atoms with van der Waals surface area (Å²) in [6.45, 7) is 0. The molecule has 0 aliphatic rings. The first-order chi connectivity index (χ1) is 30.7. The van der Waals surface area contributed by atoms with E-state index < -0.39 is 0 Å². The summed E-state index contributed by atoms with van der Waals surface area (Å²) in [5.41, 5.74) is 13.2. The minimum absolute atomic E-state index is 0.598. The Morgan fingerprint density at radius 2 is 0.968 bits per heavy atom. The van der Waals surface area contributed by atoms with E-state index in [9.17, 15) is 0 Å². The molecule has 62 heavy (non-hydrogen) atoms. The first-order valence-electron chi connectivity index (χ1n) is 21.1. The summed E-state index contributed by atoms with van der Waals surface area (Å²) in [7, 11) is 0. The Bertz CT molecular complexity index is 3900. The van der Waals surface area contributed by atoms with Crippen LogP contribution in [-0.4, -0.2) is 14.5 Å². The van der Waals surface area contributed by atoms with E-state index in [0.29, 0.717) is 5.95 Å². The SMILES string of the molecule is c1ccc(-c2cc(-c3nc(-n4c5ccc(-c6ccccc6)cc5c5c6ccccc6c(-c6ccccc6)cc54)nc4ccccc34)c3oc4cc5ccccc5cc4c3c2)cc1. The average Bonchev–Trinajstić information content (AvgIpc) is 3.88. The number of hydrogen-bond donors (Lipinski definition) is 0. The second-order valence-electron chi connectivity index (χ2n) is 16.1. The summed E-state index contributed by atoms with van der Waals surface area (Å²) in [4.78, 5) is 11.1.